The summed E-state index contributed by atoms with van der Waals surface area (Å²) in [6, 6.07) is 10.5. The van der Waals surface area contributed by atoms with Gasteiger partial charge < -0.3 is 4.90 Å². The highest BCUT2D eigenvalue weighted by molar-refractivity contribution is 7.89. The Morgan fingerprint density at radius 1 is 1.00 bits per heavy atom. The standard InChI is InChI=1S/C22H22FN5O5S/c1-15-21(16(2)27(24-15)18-5-3-17(23)4-6-18)22(29)25-11-13-26(14-12-25)34(32,33)20-9-7-19(8-10-20)28(30)31/h3-10H,11-14H2,1-2H3. The number of sulfonamides is 1. The van der Waals surface area contributed by atoms with Gasteiger partial charge in [0.1, 0.15) is 5.82 Å². The van der Waals surface area contributed by atoms with E-state index >= 15 is 0 Å². The molecule has 0 radical (unpaired) electrons. The van der Waals surface area contributed by atoms with E-state index in [4.69, 9.17) is 0 Å². The number of non-ortho nitro benzene ring substituents is 1. The van der Waals surface area contributed by atoms with Gasteiger partial charge in [-0.05, 0) is 50.2 Å². The smallest absolute Gasteiger partial charge is 0.269 e. The van der Waals surface area contributed by atoms with E-state index < -0.39 is 14.9 Å². The summed E-state index contributed by atoms with van der Waals surface area (Å²) in [5.41, 5.74) is 1.99. The largest absolute Gasteiger partial charge is 0.336 e. The van der Waals surface area contributed by atoms with Crippen molar-refractivity contribution in [1.82, 2.24) is 19.0 Å². The Labute approximate surface area is 195 Å². The van der Waals surface area contributed by atoms with E-state index in [0.29, 0.717) is 22.6 Å². The summed E-state index contributed by atoms with van der Waals surface area (Å²) in [6.07, 6.45) is 0. The molecule has 1 aliphatic rings. The number of hydrogen-bond acceptors (Lipinski definition) is 6. The highest BCUT2D eigenvalue weighted by Crippen LogP contribution is 2.23. The lowest BCUT2D eigenvalue weighted by Gasteiger charge is -2.34. The SMILES string of the molecule is Cc1nn(-c2ccc(F)cc2)c(C)c1C(=O)N1CCN(S(=O)(=O)c2ccc([N+](=O)[O-])cc2)CC1. The molecule has 0 unspecified atom stereocenters. The van der Waals surface area contributed by atoms with E-state index in [2.05, 4.69) is 5.10 Å². The first-order chi connectivity index (χ1) is 16.1. The molecule has 0 spiro atoms. The Balaban J connectivity index is 1.49. The number of amides is 1. The van der Waals surface area contributed by atoms with Gasteiger partial charge in [-0.3, -0.25) is 14.9 Å². The number of aryl methyl sites for hydroxylation is 1. The van der Waals surface area contributed by atoms with Gasteiger partial charge in [-0.2, -0.15) is 9.40 Å². The van der Waals surface area contributed by atoms with Crippen LogP contribution in [-0.2, 0) is 10.0 Å². The van der Waals surface area contributed by atoms with Crippen molar-refractivity contribution in [2.45, 2.75) is 18.7 Å². The molecular weight excluding hydrogens is 465 g/mol. The number of nitrogens with zero attached hydrogens (tertiary/aromatic N) is 5. The van der Waals surface area contributed by atoms with Crippen LogP contribution in [-0.4, -0.2) is 64.4 Å². The Morgan fingerprint density at radius 3 is 2.15 bits per heavy atom. The number of nitro groups is 1. The molecule has 0 saturated carbocycles. The summed E-state index contributed by atoms with van der Waals surface area (Å²) < 4.78 is 42.0. The molecular formula is C22H22FN5O5S. The van der Waals surface area contributed by atoms with Crippen LogP contribution in [0.1, 0.15) is 21.7 Å². The Kier molecular flexibility index (Phi) is 6.19. The van der Waals surface area contributed by atoms with Crippen LogP contribution in [0.5, 0.6) is 0 Å². The average Bonchev–Trinajstić information content (AvgIpc) is 3.13. The number of rotatable bonds is 5. The van der Waals surface area contributed by atoms with Gasteiger partial charge >= 0.3 is 0 Å². The summed E-state index contributed by atoms with van der Waals surface area (Å²) >= 11 is 0. The third-order valence-electron chi connectivity index (χ3n) is 5.79. The molecule has 3 aromatic rings. The Hall–Kier alpha value is -3.64. The topological polar surface area (TPSA) is 119 Å². The van der Waals surface area contributed by atoms with Gasteiger partial charge in [0.2, 0.25) is 10.0 Å². The van der Waals surface area contributed by atoms with Crippen molar-refractivity contribution in [2.75, 3.05) is 26.2 Å². The second-order valence-electron chi connectivity index (χ2n) is 7.88. The molecule has 0 aliphatic carbocycles. The molecule has 0 bridgehead atoms. The molecule has 0 N–H and O–H groups in total. The fraction of sp³-hybridized carbons (Fsp3) is 0.273. The lowest BCUT2D eigenvalue weighted by molar-refractivity contribution is -0.384. The van der Waals surface area contributed by atoms with Crippen LogP contribution in [0.15, 0.2) is 53.4 Å². The van der Waals surface area contributed by atoms with Crippen molar-refractivity contribution in [3.8, 4) is 5.69 Å². The number of hydrogen-bond donors (Lipinski definition) is 0. The van der Waals surface area contributed by atoms with Crippen LogP contribution >= 0.6 is 0 Å². The molecule has 1 saturated heterocycles. The summed E-state index contributed by atoms with van der Waals surface area (Å²) in [5.74, 6) is -0.626. The Bertz CT molecular complexity index is 1350. The number of piperazine rings is 1. The molecule has 2 aromatic carbocycles. The van der Waals surface area contributed by atoms with Crippen LogP contribution in [0.2, 0.25) is 0 Å². The minimum absolute atomic E-state index is 0.0369. The monoisotopic (exact) mass is 487 g/mol. The maximum atomic E-state index is 13.3. The number of halogens is 1. The van der Waals surface area contributed by atoms with Gasteiger partial charge in [-0.25, -0.2) is 17.5 Å². The van der Waals surface area contributed by atoms with Gasteiger partial charge in [0.05, 0.1) is 32.5 Å². The lowest BCUT2D eigenvalue weighted by Crippen LogP contribution is -2.50. The summed E-state index contributed by atoms with van der Waals surface area (Å²) in [5, 5.41) is 15.2. The second-order valence-corrected chi connectivity index (χ2v) is 9.82. The first-order valence-electron chi connectivity index (χ1n) is 10.5. The number of nitro benzene ring substituents is 1. The first kappa shape index (κ1) is 23.5. The van der Waals surface area contributed by atoms with Crippen molar-refractivity contribution >= 4 is 21.6 Å². The van der Waals surface area contributed by atoms with E-state index in [1.165, 1.54) is 28.6 Å². The van der Waals surface area contributed by atoms with Gasteiger partial charge in [-0.15, -0.1) is 0 Å². The minimum atomic E-state index is -3.84. The van der Waals surface area contributed by atoms with Crippen LogP contribution < -0.4 is 0 Å². The van der Waals surface area contributed by atoms with Crippen LogP contribution in [0, 0.1) is 29.8 Å². The Morgan fingerprint density at radius 2 is 1.59 bits per heavy atom. The number of carbonyl (C=O) groups excluding carboxylic acids is 1. The zero-order valence-corrected chi connectivity index (χ0v) is 19.3. The average molecular weight is 488 g/mol. The predicted molar refractivity (Wildman–Crippen MR) is 121 cm³/mol. The predicted octanol–water partition coefficient (Wildman–Crippen LogP) is 2.68. The quantitative estimate of drug-likeness (QED) is 0.403. The van der Waals surface area contributed by atoms with Crippen LogP contribution in [0.4, 0.5) is 10.1 Å². The van der Waals surface area contributed by atoms with E-state index in [-0.39, 0.29) is 48.5 Å². The van der Waals surface area contributed by atoms with Gasteiger partial charge in [0.25, 0.3) is 11.6 Å². The van der Waals surface area contributed by atoms with Gasteiger partial charge in [0.15, 0.2) is 0 Å². The summed E-state index contributed by atoms with van der Waals surface area (Å²) in [7, 11) is -3.84. The summed E-state index contributed by atoms with van der Waals surface area (Å²) in [6.45, 7) is 4.03. The molecule has 34 heavy (non-hydrogen) atoms. The van der Waals surface area contributed by atoms with Crippen molar-refractivity contribution in [2.24, 2.45) is 0 Å². The molecule has 4 rings (SSSR count). The highest BCUT2D eigenvalue weighted by Gasteiger charge is 2.32. The minimum Gasteiger partial charge on any atom is -0.336 e. The van der Waals surface area contributed by atoms with Crippen molar-refractivity contribution in [1.29, 1.82) is 0 Å². The van der Waals surface area contributed by atoms with Gasteiger partial charge in [0, 0.05) is 38.3 Å². The number of benzene rings is 2. The molecule has 1 amide bonds. The lowest BCUT2D eigenvalue weighted by atomic mass is 10.1. The molecule has 0 atom stereocenters. The second kappa shape index (κ2) is 8.95. The van der Waals surface area contributed by atoms with E-state index in [0.717, 1.165) is 12.1 Å². The number of aromatic nitrogens is 2. The molecule has 178 valence electrons. The van der Waals surface area contributed by atoms with Crippen LogP contribution in [0.3, 0.4) is 0 Å². The van der Waals surface area contributed by atoms with Crippen LogP contribution in [0.25, 0.3) is 5.69 Å². The molecule has 12 heteroatoms. The molecule has 1 fully saturated rings. The van der Waals surface area contributed by atoms with Crippen molar-refractivity contribution < 1.29 is 22.5 Å². The molecule has 1 aliphatic heterocycles. The third-order valence-corrected chi connectivity index (χ3v) is 7.70. The molecule has 1 aromatic heterocycles. The maximum absolute atomic E-state index is 13.3. The molecule has 2 heterocycles. The van der Waals surface area contributed by atoms with E-state index in [1.807, 2.05) is 0 Å². The van der Waals surface area contributed by atoms with E-state index in [1.54, 1.807) is 35.6 Å². The summed E-state index contributed by atoms with van der Waals surface area (Å²) in [4.78, 5) is 25.0. The maximum Gasteiger partial charge on any atom is 0.269 e. The normalized spacial score (nSPS) is 14.9. The van der Waals surface area contributed by atoms with E-state index in [9.17, 15) is 27.7 Å². The zero-order chi connectivity index (χ0) is 24.6. The fourth-order valence-corrected chi connectivity index (χ4v) is 5.39. The molecule has 10 nitrogen and oxygen atoms in total. The zero-order valence-electron chi connectivity index (χ0n) is 18.5. The van der Waals surface area contributed by atoms with Crippen molar-refractivity contribution in [3.05, 3.63) is 81.4 Å². The fourth-order valence-electron chi connectivity index (χ4n) is 3.96. The number of carbonyl (C=O) groups is 1. The van der Waals surface area contributed by atoms with Gasteiger partial charge in [-0.1, -0.05) is 0 Å². The third kappa shape index (κ3) is 4.29. The van der Waals surface area contributed by atoms with Crippen molar-refractivity contribution in [3.63, 3.8) is 0 Å². The first-order valence-corrected chi connectivity index (χ1v) is 11.9. The highest BCUT2D eigenvalue weighted by atomic mass is 32.2.